The van der Waals surface area contributed by atoms with Crippen LogP contribution in [0.5, 0.6) is 23.0 Å². The highest BCUT2D eigenvalue weighted by atomic mass is 31.2. The minimum absolute atomic E-state index is 0.0834. The molecule has 1 aliphatic carbocycles. The number of nitrogens with zero attached hydrogens (tertiary/aromatic N) is 1. The first kappa shape index (κ1) is 32.5. The van der Waals surface area contributed by atoms with E-state index in [-0.39, 0.29) is 17.2 Å². The normalized spacial score (nSPS) is 15.3. The lowest BCUT2D eigenvalue weighted by molar-refractivity contribution is 0.267. The molecule has 1 N–H and O–H groups in total. The number of fused-ring (bicyclic) bond motifs is 1. The summed E-state index contributed by atoms with van der Waals surface area (Å²) in [6, 6.07) is 12.2. The van der Waals surface area contributed by atoms with Gasteiger partial charge in [0.1, 0.15) is 5.75 Å². The molecule has 232 valence electrons. The van der Waals surface area contributed by atoms with E-state index in [9.17, 15) is 9.46 Å². The Balaban J connectivity index is 1.27. The van der Waals surface area contributed by atoms with Gasteiger partial charge in [-0.25, -0.2) is 4.57 Å². The van der Waals surface area contributed by atoms with Crippen LogP contribution in [0.15, 0.2) is 90.3 Å². The standard InChI is InChI=1S/C35H46NO6P/c1-3-4-5-6-7-8-9-10-11-14-26-40-33-23-16-24-34(35(33)39-2)42-43(37,38)41-31-21-15-18-29(27-31)28-36-25-17-20-30-19-12-13-22-32(30)36/h12-13,15-18,20-25,27H,3-11,14,19,26,28H2,1-2H3,(H,37,38). The fourth-order valence-corrected chi connectivity index (χ4v) is 6.12. The average Bonchev–Trinajstić information content (AvgIpc) is 3.00. The molecule has 0 bridgehead atoms. The van der Waals surface area contributed by atoms with E-state index in [0.717, 1.165) is 30.5 Å². The highest BCUT2D eigenvalue weighted by molar-refractivity contribution is 7.48. The monoisotopic (exact) mass is 607 g/mol. The first-order chi connectivity index (χ1) is 21.0. The van der Waals surface area contributed by atoms with Crippen molar-refractivity contribution in [1.29, 1.82) is 0 Å². The number of allylic oxidation sites excluding steroid dienone is 6. The van der Waals surface area contributed by atoms with E-state index >= 15 is 0 Å². The number of phosphoric acid groups is 1. The zero-order valence-electron chi connectivity index (χ0n) is 25.6. The molecule has 1 atom stereocenters. The van der Waals surface area contributed by atoms with Crippen molar-refractivity contribution < 1.29 is 28.0 Å². The zero-order valence-corrected chi connectivity index (χ0v) is 26.5. The summed E-state index contributed by atoms with van der Waals surface area (Å²) in [5.74, 6) is 1.05. The highest BCUT2D eigenvalue weighted by Gasteiger charge is 2.28. The Labute approximate surface area is 257 Å². The van der Waals surface area contributed by atoms with Crippen LogP contribution < -0.4 is 18.5 Å². The summed E-state index contributed by atoms with van der Waals surface area (Å²) in [4.78, 5) is 12.8. The molecule has 0 spiro atoms. The Hall–Kier alpha value is -3.41. The van der Waals surface area contributed by atoms with Gasteiger partial charge in [-0.3, -0.25) is 4.89 Å². The SMILES string of the molecule is CCCCCCCCCCCCOc1cccc(OP(=O)(O)Oc2cccc(CN3C=CC=C4CC=CC=C43)c2)c1OC. The maximum Gasteiger partial charge on any atom is 0.585 e. The van der Waals surface area contributed by atoms with E-state index in [0.29, 0.717) is 18.9 Å². The van der Waals surface area contributed by atoms with E-state index in [1.807, 2.05) is 18.3 Å². The van der Waals surface area contributed by atoms with E-state index < -0.39 is 7.82 Å². The molecular formula is C35H46NO6P. The lowest BCUT2D eigenvalue weighted by Gasteiger charge is -2.29. The molecule has 0 radical (unpaired) electrons. The lowest BCUT2D eigenvalue weighted by Crippen LogP contribution is -2.20. The van der Waals surface area contributed by atoms with Gasteiger partial charge in [0.25, 0.3) is 0 Å². The van der Waals surface area contributed by atoms with Gasteiger partial charge in [0, 0.05) is 18.4 Å². The lowest BCUT2D eigenvalue weighted by atomic mass is 10.00. The van der Waals surface area contributed by atoms with Crippen LogP contribution in [0, 0.1) is 0 Å². The predicted octanol–water partition coefficient (Wildman–Crippen LogP) is 9.65. The van der Waals surface area contributed by atoms with Crippen molar-refractivity contribution in [2.75, 3.05) is 13.7 Å². The molecular weight excluding hydrogens is 561 g/mol. The van der Waals surface area contributed by atoms with Gasteiger partial charge in [0.2, 0.25) is 5.75 Å². The Bertz CT molecular complexity index is 1350. The summed E-state index contributed by atoms with van der Waals surface area (Å²) >= 11 is 0. The van der Waals surface area contributed by atoms with Crippen LogP contribution in [0.4, 0.5) is 0 Å². The third-order valence-electron chi connectivity index (χ3n) is 7.52. The first-order valence-corrected chi connectivity index (χ1v) is 17.1. The maximum absolute atomic E-state index is 13.0. The summed E-state index contributed by atoms with van der Waals surface area (Å²) in [6.07, 6.45) is 25.8. The topological polar surface area (TPSA) is 77.5 Å². The number of phosphoric ester groups is 1. The summed E-state index contributed by atoms with van der Waals surface area (Å²) in [7, 11) is -3.05. The van der Waals surface area contributed by atoms with Crippen LogP contribution in [0.1, 0.15) is 83.1 Å². The van der Waals surface area contributed by atoms with Gasteiger partial charge in [-0.1, -0.05) is 101 Å². The van der Waals surface area contributed by atoms with E-state index in [4.69, 9.17) is 18.5 Å². The summed E-state index contributed by atoms with van der Waals surface area (Å²) in [5.41, 5.74) is 3.34. The number of unbranched alkanes of at least 4 members (excludes halogenated alkanes) is 9. The zero-order chi connectivity index (χ0) is 30.3. The summed E-state index contributed by atoms with van der Waals surface area (Å²) in [6.45, 7) is 3.37. The minimum Gasteiger partial charge on any atom is -0.490 e. The van der Waals surface area contributed by atoms with Crippen LogP contribution in [0.25, 0.3) is 0 Å². The second-order valence-electron chi connectivity index (χ2n) is 11.0. The molecule has 4 rings (SSSR count). The molecule has 0 saturated heterocycles. The molecule has 0 amide bonds. The first-order valence-electron chi connectivity index (χ1n) is 15.6. The van der Waals surface area contributed by atoms with Crippen molar-refractivity contribution in [3.05, 3.63) is 95.9 Å². The quantitative estimate of drug-likeness (QED) is 0.126. The Morgan fingerprint density at radius 3 is 2.35 bits per heavy atom. The Kier molecular flexibility index (Phi) is 12.9. The molecule has 1 aliphatic heterocycles. The average molecular weight is 608 g/mol. The van der Waals surface area contributed by atoms with Gasteiger partial charge in [-0.2, -0.15) is 0 Å². The molecule has 0 aromatic heterocycles. The third-order valence-corrected chi connectivity index (χ3v) is 8.39. The van der Waals surface area contributed by atoms with Crippen LogP contribution in [-0.2, 0) is 11.1 Å². The number of ether oxygens (including phenoxy) is 2. The van der Waals surface area contributed by atoms with Crippen molar-refractivity contribution >= 4 is 7.82 Å². The van der Waals surface area contributed by atoms with E-state index in [2.05, 4.69) is 36.1 Å². The summed E-state index contributed by atoms with van der Waals surface area (Å²) in [5, 5.41) is 0. The Morgan fingerprint density at radius 2 is 1.58 bits per heavy atom. The largest absolute Gasteiger partial charge is 0.585 e. The molecule has 1 heterocycles. The van der Waals surface area contributed by atoms with Crippen LogP contribution in [-0.4, -0.2) is 23.5 Å². The second kappa shape index (κ2) is 17.0. The number of benzene rings is 2. The fraction of sp³-hybridized carbons (Fsp3) is 0.429. The number of methoxy groups -OCH3 is 1. The van der Waals surface area contributed by atoms with Gasteiger partial charge in [0.15, 0.2) is 11.5 Å². The van der Waals surface area contributed by atoms with Crippen molar-refractivity contribution in [2.45, 2.75) is 84.1 Å². The van der Waals surface area contributed by atoms with Crippen LogP contribution in [0.3, 0.4) is 0 Å². The molecule has 1 unspecified atom stereocenters. The van der Waals surface area contributed by atoms with Crippen molar-refractivity contribution in [1.82, 2.24) is 4.90 Å². The second-order valence-corrected chi connectivity index (χ2v) is 12.3. The van der Waals surface area contributed by atoms with Crippen LogP contribution in [0.2, 0.25) is 0 Å². The number of rotatable bonds is 19. The van der Waals surface area contributed by atoms with Gasteiger partial charge in [-0.05, 0) is 60.4 Å². The molecule has 7 nitrogen and oxygen atoms in total. The smallest absolute Gasteiger partial charge is 0.490 e. The molecule has 0 fully saturated rings. The molecule has 2 aromatic rings. The summed E-state index contributed by atoms with van der Waals surface area (Å²) < 4.78 is 35.5. The molecule has 2 aromatic carbocycles. The third kappa shape index (κ3) is 10.4. The van der Waals surface area contributed by atoms with Crippen LogP contribution >= 0.6 is 7.82 Å². The molecule has 43 heavy (non-hydrogen) atoms. The van der Waals surface area contributed by atoms with Crippen molar-refractivity contribution in [2.24, 2.45) is 0 Å². The number of hydrogen-bond donors (Lipinski definition) is 1. The highest BCUT2D eigenvalue weighted by Crippen LogP contribution is 2.49. The van der Waals surface area contributed by atoms with E-state index in [1.54, 1.807) is 36.4 Å². The molecule has 0 saturated carbocycles. The van der Waals surface area contributed by atoms with Gasteiger partial charge in [-0.15, -0.1) is 0 Å². The maximum atomic E-state index is 13.0. The fourth-order valence-electron chi connectivity index (χ4n) is 5.31. The number of hydrogen-bond acceptors (Lipinski definition) is 6. The molecule has 2 aliphatic rings. The van der Waals surface area contributed by atoms with Gasteiger partial charge in [0.05, 0.1) is 13.7 Å². The van der Waals surface area contributed by atoms with Crippen molar-refractivity contribution in [3.8, 4) is 23.0 Å². The predicted molar refractivity (Wildman–Crippen MR) is 172 cm³/mol. The van der Waals surface area contributed by atoms with Crippen molar-refractivity contribution in [3.63, 3.8) is 0 Å². The van der Waals surface area contributed by atoms with Gasteiger partial charge >= 0.3 is 7.82 Å². The van der Waals surface area contributed by atoms with Gasteiger partial charge < -0.3 is 23.4 Å². The number of para-hydroxylation sites is 1. The molecule has 8 heteroatoms. The van der Waals surface area contributed by atoms with E-state index in [1.165, 1.54) is 64.0 Å². The minimum atomic E-state index is -4.53. The Morgan fingerprint density at radius 1 is 0.860 bits per heavy atom.